The Hall–Kier alpha value is -5.22. The molecule has 3 aromatic carbocycles. The van der Waals surface area contributed by atoms with E-state index in [1.54, 1.807) is 73.8 Å². The maximum absolute atomic E-state index is 13.8. The maximum Gasteiger partial charge on any atom is 0.258 e. The normalized spacial score (nSPS) is 21.2. The zero-order chi connectivity index (χ0) is 34.1. The highest BCUT2D eigenvalue weighted by Crippen LogP contribution is 2.44. The number of rotatable bonds is 8. The molecule has 3 heterocycles. The van der Waals surface area contributed by atoms with E-state index in [1.807, 2.05) is 13.8 Å². The van der Waals surface area contributed by atoms with E-state index >= 15 is 0 Å². The molecule has 1 fully saturated rings. The fourth-order valence-electron chi connectivity index (χ4n) is 6.93. The number of piperidine rings is 1. The smallest absolute Gasteiger partial charge is 0.258 e. The Bertz CT molecular complexity index is 1740. The van der Waals surface area contributed by atoms with Crippen LogP contribution in [0.3, 0.4) is 0 Å². The molecule has 0 aliphatic carbocycles. The second kappa shape index (κ2) is 13.5. The lowest BCUT2D eigenvalue weighted by molar-refractivity contribution is -0.131. The highest BCUT2D eigenvalue weighted by atomic mass is 16.5. The SMILES string of the molecule is COc1ccc(C(C2=C(O)[C@H](c3ccc(C)cc3)C(=O)NC2=O)C2=C(O)[C@@H](c3ccc(C)cc3)C(=O)NC2=O)cc1CN1CCCCC1. The van der Waals surface area contributed by atoms with E-state index in [0.717, 1.165) is 49.0 Å². The number of methoxy groups -OCH3 is 1. The van der Waals surface area contributed by atoms with Gasteiger partial charge >= 0.3 is 0 Å². The number of nitrogens with zero attached hydrogens (tertiary/aromatic N) is 1. The molecule has 3 aromatic rings. The summed E-state index contributed by atoms with van der Waals surface area (Å²) in [5, 5.41) is 28.5. The molecule has 0 saturated carbocycles. The van der Waals surface area contributed by atoms with E-state index < -0.39 is 52.9 Å². The number of likely N-dealkylation sites (tertiary alicyclic amines) is 1. The molecular formula is C38H39N3O7. The topological polar surface area (TPSA) is 145 Å². The first-order chi connectivity index (χ1) is 23.1. The summed E-state index contributed by atoms with van der Waals surface area (Å²) in [4.78, 5) is 56.4. The molecule has 0 radical (unpaired) electrons. The van der Waals surface area contributed by atoms with Gasteiger partial charge in [0.05, 0.1) is 24.2 Å². The Morgan fingerprint density at radius 3 is 1.67 bits per heavy atom. The van der Waals surface area contributed by atoms with Gasteiger partial charge in [0.1, 0.15) is 29.1 Å². The van der Waals surface area contributed by atoms with Gasteiger partial charge in [0.25, 0.3) is 11.8 Å². The number of carbonyl (C=O) groups is 4. The Kier molecular flexibility index (Phi) is 9.19. The predicted molar refractivity (Wildman–Crippen MR) is 178 cm³/mol. The van der Waals surface area contributed by atoms with Crippen LogP contribution in [-0.2, 0) is 25.7 Å². The Morgan fingerprint density at radius 2 is 1.21 bits per heavy atom. The molecule has 3 aliphatic heterocycles. The predicted octanol–water partition coefficient (Wildman–Crippen LogP) is 4.89. The summed E-state index contributed by atoms with van der Waals surface area (Å²) in [5.41, 5.74) is 3.39. The first-order valence-electron chi connectivity index (χ1n) is 16.2. The zero-order valence-corrected chi connectivity index (χ0v) is 27.2. The number of ether oxygens (including phenoxy) is 1. The molecule has 0 bridgehead atoms. The van der Waals surface area contributed by atoms with Crippen LogP contribution in [-0.4, -0.2) is 58.9 Å². The van der Waals surface area contributed by atoms with Gasteiger partial charge in [-0.3, -0.25) is 34.7 Å². The van der Waals surface area contributed by atoms with Crippen molar-refractivity contribution in [1.29, 1.82) is 0 Å². The van der Waals surface area contributed by atoms with Crippen LogP contribution in [0, 0.1) is 13.8 Å². The largest absolute Gasteiger partial charge is 0.511 e. The molecule has 10 nitrogen and oxygen atoms in total. The number of hydrogen-bond acceptors (Lipinski definition) is 8. The molecular weight excluding hydrogens is 610 g/mol. The number of hydrogen-bond donors (Lipinski definition) is 4. The molecule has 0 spiro atoms. The molecule has 248 valence electrons. The molecule has 3 atom stereocenters. The number of aliphatic hydroxyl groups is 2. The van der Waals surface area contributed by atoms with Crippen LogP contribution in [0.25, 0.3) is 0 Å². The van der Waals surface area contributed by atoms with Crippen molar-refractivity contribution in [2.45, 2.75) is 57.4 Å². The fraction of sp³-hybridized carbons (Fsp3) is 0.316. The van der Waals surface area contributed by atoms with E-state index in [9.17, 15) is 29.4 Å². The summed E-state index contributed by atoms with van der Waals surface area (Å²) in [6.45, 7) is 6.12. The Morgan fingerprint density at radius 1 is 0.729 bits per heavy atom. The first kappa shape index (κ1) is 32.7. The van der Waals surface area contributed by atoms with Gasteiger partial charge in [-0.15, -0.1) is 0 Å². The third-order valence-electron chi connectivity index (χ3n) is 9.47. The van der Waals surface area contributed by atoms with Crippen LogP contribution in [0.15, 0.2) is 89.4 Å². The molecule has 3 aliphatic rings. The van der Waals surface area contributed by atoms with Crippen molar-refractivity contribution in [3.63, 3.8) is 0 Å². The molecule has 4 N–H and O–H groups in total. The lowest BCUT2D eigenvalue weighted by atomic mass is 9.75. The highest BCUT2D eigenvalue weighted by Gasteiger charge is 2.46. The average Bonchev–Trinajstić information content (AvgIpc) is 3.06. The van der Waals surface area contributed by atoms with Gasteiger partial charge in [-0.25, -0.2) is 0 Å². The molecule has 4 amide bonds. The number of aliphatic hydroxyl groups excluding tert-OH is 2. The minimum atomic E-state index is -1.36. The summed E-state index contributed by atoms with van der Waals surface area (Å²) >= 11 is 0. The lowest BCUT2D eigenvalue weighted by Gasteiger charge is -2.33. The van der Waals surface area contributed by atoms with Crippen molar-refractivity contribution < 1.29 is 34.1 Å². The summed E-state index contributed by atoms with van der Waals surface area (Å²) < 4.78 is 5.70. The second-order valence-electron chi connectivity index (χ2n) is 12.8. The van der Waals surface area contributed by atoms with Crippen LogP contribution < -0.4 is 15.4 Å². The van der Waals surface area contributed by atoms with Crippen molar-refractivity contribution >= 4 is 23.6 Å². The van der Waals surface area contributed by atoms with Crippen molar-refractivity contribution in [1.82, 2.24) is 15.5 Å². The Labute approximate surface area is 279 Å². The maximum atomic E-state index is 13.8. The Balaban J connectivity index is 1.58. The minimum absolute atomic E-state index is 0.275. The van der Waals surface area contributed by atoms with Crippen molar-refractivity contribution in [2.24, 2.45) is 0 Å². The van der Waals surface area contributed by atoms with E-state index in [2.05, 4.69) is 15.5 Å². The third-order valence-corrected chi connectivity index (χ3v) is 9.47. The van der Waals surface area contributed by atoms with E-state index in [0.29, 0.717) is 29.0 Å². The number of carbonyl (C=O) groups excluding carboxylic acids is 4. The fourth-order valence-corrected chi connectivity index (χ4v) is 6.93. The summed E-state index contributed by atoms with van der Waals surface area (Å²) in [5.74, 6) is -7.60. The second-order valence-corrected chi connectivity index (χ2v) is 12.8. The van der Waals surface area contributed by atoms with Gasteiger partial charge in [-0.1, -0.05) is 72.1 Å². The first-order valence-corrected chi connectivity index (χ1v) is 16.2. The summed E-state index contributed by atoms with van der Waals surface area (Å²) in [6, 6.07) is 19.1. The van der Waals surface area contributed by atoms with Crippen molar-refractivity contribution in [2.75, 3.05) is 20.2 Å². The minimum Gasteiger partial charge on any atom is -0.511 e. The van der Waals surface area contributed by atoms with Crippen LogP contribution in [0.4, 0.5) is 0 Å². The van der Waals surface area contributed by atoms with Crippen LogP contribution in [0.5, 0.6) is 5.75 Å². The molecule has 1 unspecified atom stereocenters. The number of amides is 4. The molecule has 1 saturated heterocycles. The molecule has 6 rings (SSSR count). The van der Waals surface area contributed by atoms with Crippen LogP contribution >= 0.6 is 0 Å². The van der Waals surface area contributed by atoms with Crippen LogP contribution in [0.2, 0.25) is 0 Å². The van der Waals surface area contributed by atoms with E-state index in [1.165, 1.54) is 0 Å². The number of aryl methyl sites for hydroxylation is 2. The summed E-state index contributed by atoms with van der Waals surface area (Å²) in [6.07, 6.45) is 3.28. The lowest BCUT2D eigenvalue weighted by Crippen LogP contribution is -2.47. The molecule has 48 heavy (non-hydrogen) atoms. The number of benzene rings is 3. The van der Waals surface area contributed by atoms with Gasteiger partial charge in [-0.05, 0) is 68.6 Å². The van der Waals surface area contributed by atoms with Gasteiger partial charge in [0.2, 0.25) is 11.8 Å². The van der Waals surface area contributed by atoms with E-state index in [-0.39, 0.29) is 11.1 Å². The number of nitrogens with one attached hydrogen (secondary N) is 2. The standard InChI is InChI=1S/C38H39N3O7/c1-21-7-11-23(12-8-21)29-33(42)31(37(46)39-35(29)44)28(25-15-16-27(48-3)26(19-25)20-41-17-5-4-6-18-41)32-34(43)30(36(45)40-38(32)47)24-13-9-22(2)10-14-24/h7-16,19,28-30,42-43H,4-6,17-18,20H2,1-3H3,(H,39,44,46)(H,40,45,47)/t28?,29-,30+. The number of imide groups is 2. The van der Waals surface area contributed by atoms with Gasteiger partial charge in [0, 0.05) is 12.1 Å². The summed E-state index contributed by atoms with van der Waals surface area (Å²) in [7, 11) is 1.56. The molecule has 10 heteroatoms. The average molecular weight is 650 g/mol. The quantitative estimate of drug-likeness (QED) is 0.253. The zero-order valence-electron chi connectivity index (χ0n) is 27.2. The highest BCUT2D eigenvalue weighted by molar-refractivity contribution is 6.16. The van der Waals surface area contributed by atoms with Gasteiger partial charge in [-0.2, -0.15) is 0 Å². The monoisotopic (exact) mass is 649 g/mol. The molecule has 0 aromatic heterocycles. The van der Waals surface area contributed by atoms with Gasteiger partial charge in [0.15, 0.2) is 0 Å². The van der Waals surface area contributed by atoms with Crippen LogP contribution in [0.1, 0.15) is 70.4 Å². The van der Waals surface area contributed by atoms with Crippen molar-refractivity contribution in [3.05, 3.63) is 123 Å². The third kappa shape index (κ3) is 6.23. The van der Waals surface area contributed by atoms with Crippen molar-refractivity contribution in [3.8, 4) is 5.75 Å². The van der Waals surface area contributed by atoms with E-state index in [4.69, 9.17) is 4.74 Å². The van der Waals surface area contributed by atoms with Gasteiger partial charge < -0.3 is 14.9 Å².